The van der Waals surface area contributed by atoms with Crippen LogP contribution in [0.3, 0.4) is 0 Å². The summed E-state index contributed by atoms with van der Waals surface area (Å²) in [5, 5.41) is 0. The van der Waals surface area contributed by atoms with Crippen molar-refractivity contribution in [2.45, 2.75) is 17.5 Å². The van der Waals surface area contributed by atoms with Crippen LogP contribution in [-0.2, 0) is 13.2 Å². The molecule has 0 bridgehead atoms. The monoisotopic (exact) mass is 370 g/mol. The molecule has 0 radical (unpaired) electrons. The maximum atomic E-state index is 3.58. The summed E-state index contributed by atoms with van der Waals surface area (Å²) in [6, 6.07) is 0. The predicted octanol–water partition coefficient (Wildman–Crippen LogP) is 3.90. The number of halogens is 3. The zero-order valence-corrected chi connectivity index (χ0v) is 11.3. The first kappa shape index (κ1) is 9.32. The zero-order chi connectivity index (χ0) is 5.91. The first-order valence-corrected chi connectivity index (χ1v) is 20.7. The van der Waals surface area contributed by atoms with Gasteiger partial charge < -0.3 is 0 Å². The van der Waals surface area contributed by atoms with Crippen molar-refractivity contribution in [3.05, 3.63) is 0 Å². The van der Waals surface area contributed by atoms with E-state index < -0.39 is 13.2 Å². The van der Waals surface area contributed by atoms with Gasteiger partial charge in [0.1, 0.15) is 0 Å². The standard InChI is InChI=1S/C3H7.3BrH.Zr/c1-3-2;;;;/h1,3H2,2H3;3*1H;/q;;;;+3/p-3. The molecule has 0 unspecified atom stereocenters. The molecule has 0 amide bonds. The normalized spacial score (nSPS) is 12.0. The van der Waals surface area contributed by atoms with Gasteiger partial charge in [0.15, 0.2) is 0 Å². The molecule has 0 saturated carbocycles. The fourth-order valence-electron chi connectivity index (χ4n) is 0.283. The number of hydrogen-bond acceptors (Lipinski definition) is 0. The van der Waals surface area contributed by atoms with E-state index in [9.17, 15) is 0 Å². The van der Waals surface area contributed by atoms with Gasteiger partial charge in [0.2, 0.25) is 0 Å². The van der Waals surface area contributed by atoms with Gasteiger partial charge in [0, 0.05) is 0 Å². The van der Waals surface area contributed by atoms with Crippen LogP contribution >= 0.6 is 36.7 Å². The summed E-state index contributed by atoms with van der Waals surface area (Å²) in [4.78, 5) is 0. The number of hydrogen-bond donors (Lipinski definition) is 0. The molecule has 0 N–H and O–H groups in total. The van der Waals surface area contributed by atoms with E-state index in [-0.39, 0.29) is 0 Å². The molecule has 0 aliphatic rings. The van der Waals surface area contributed by atoms with Crippen LogP contribution in [0.1, 0.15) is 13.3 Å². The maximum absolute atomic E-state index is 3.58. The van der Waals surface area contributed by atoms with Gasteiger partial charge in [-0.1, -0.05) is 0 Å². The summed E-state index contributed by atoms with van der Waals surface area (Å²) in [6.45, 7) is 2.19. The third-order valence-electron chi connectivity index (χ3n) is 0.533. The Labute approximate surface area is 66.2 Å². The van der Waals surface area contributed by atoms with E-state index in [2.05, 4.69) is 43.6 Å². The first-order valence-electron chi connectivity index (χ1n) is 2.13. The van der Waals surface area contributed by atoms with Gasteiger partial charge in [-0.15, -0.1) is 0 Å². The van der Waals surface area contributed by atoms with Crippen molar-refractivity contribution < 1.29 is 13.2 Å². The average Bonchev–Trinajstić information content (AvgIpc) is 1.30. The molecule has 0 aliphatic carbocycles. The SMILES string of the molecule is CC[CH2][Zr]([Br])([Br])[Br]. The van der Waals surface area contributed by atoms with E-state index in [1.807, 2.05) is 0 Å². The van der Waals surface area contributed by atoms with Crippen LogP contribution in [-0.4, -0.2) is 0 Å². The van der Waals surface area contributed by atoms with Crippen LogP contribution < -0.4 is 0 Å². The molecule has 7 heavy (non-hydrogen) atoms. The Balaban J connectivity index is 3.15. The molecular weight excluding hydrogens is 367 g/mol. The van der Waals surface area contributed by atoms with Crippen LogP contribution in [0.25, 0.3) is 0 Å². The van der Waals surface area contributed by atoms with E-state index >= 15 is 0 Å². The van der Waals surface area contributed by atoms with Crippen LogP contribution in [0.4, 0.5) is 0 Å². The Morgan fingerprint density at radius 3 is 1.71 bits per heavy atom. The summed E-state index contributed by atoms with van der Waals surface area (Å²) >= 11 is 8.91. The van der Waals surface area contributed by atoms with Crippen molar-refractivity contribution in [2.24, 2.45) is 0 Å². The van der Waals surface area contributed by atoms with Crippen molar-refractivity contribution in [3.8, 4) is 0 Å². The molecule has 0 spiro atoms. The summed E-state index contributed by atoms with van der Waals surface area (Å²) in [5.41, 5.74) is 0. The minimum atomic E-state index is -1.84. The summed E-state index contributed by atoms with van der Waals surface area (Å²) in [6.07, 6.45) is 1.26. The van der Waals surface area contributed by atoms with E-state index in [4.69, 9.17) is 0 Å². The van der Waals surface area contributed by atoms with Crippen molar-refractivity contribution in [1.82, 2.24) is 0 Å². The molecule has 0 aliphatic heterocycles. The average molecular weight is 374 g/mol. The fraction of sp³-hybridized carbons (Fsp3) is 1.00. The Morgan fingerprint density at radius 1 is 1.29 bits per heavy atom. The second kappa shape index (κ2) is 4.19. The Hall–Kier alpha value is 2.32. The minimum absolute atomic E-state index is 1.26. The zero-order valence-electron chi connectivity index (χ0n) is 4.05. The van der Waals surface area contributed by atoms with Gasteiger partial charge >= 0.3 is 67.3 Å². The van der Waals surface area contributed by atoms with Gasteiger partial charge in [0.05, 0.1) is 0 Å². The summed E-state index contributed by atoms with van der Waals surface area (Å²) < 4.78 is 1.30. The van der Waals surface area contributed by atoms with Crippen molar-refractivity contribution in [2.75, 3.05) is 0 Å². The van der Waals surface area contributed by atoms with Crippen molar-refractivity contribution in [3.63, 3.8) is 0 Å². The second-order valence-electron chi connectivity index (χ2n) is 1.37. The summed E-state index contributed by atoms with van der Waals surface area (Å²) in [5.74, 6) is 0. The molecule has 0 saturated heterocycles. The molecule has 0 aromatic rings. The van der Waals surface area contributed by atoms with Crippen LogP contribution in [0.5, 0.6) is 0 Å². The second-order valence-corrected chi connectivity index (χ2v) is 48.5. The van der Waals surface area contributed by atoms with Crippen LogP contribution in [0, 0.1) is 0 Å². The van der Waals surface area contributed by atoms with Gasteiger partial charge in [0.25, 0.3) is 0 Å². The predicted molar refractivity (Wildman–Crippen MR) is 41.9 cm³/mol. The molecule has 0 rings (SSSR count). The molecule has 0 heterocycles. The Kier molecular flexibility index (Phi) is 5.58. The third-order valence-corrected chi connectivity index (χ3v) is 10.2. The van der Waals surface area contributed by atoms with Crippen LogP contribution in [0.15, 0.2) is 0 Å². The summed E-state index contributed by atoms with van der Waals surface area (Å²) in [7, 11) is 0. The van der Waals surface area contributed by atoms with E-state index in [0.29, 0.717) is 0 Å². The van der Waals surface area contributed by atoms with Crippen molar-refractivity contribution >= 4 is 36.7 Å². The van der Waals surface area contributed by atoms with E-state index in [1.165, 1.54) is 10.5 Å². The Bertz CT molecular complexity index is 48.6. The molecule has 0 aromatic carbocycles. The molecule has 0 fully saturated rings. The quantitative estimate of drug-likeness (QED) is 0.688. The van der Waals surface area contributed by atoms with Crippen molar-refractivity contribution in [1.29, 1.82) is 0 Å². The fourth-order valence-corrected chi connectivity index (χ4v) is 8.71. The molecule has 0 aromatic heterocycles. The van der Waals surface area contributed by atoms with E-state index in [0.717, 1.165) is 0 Å². The topological polar surface area (TPSA) is 0 Å². The van der Waals surface area contributed by atoms with Gasteiger partial charge in [-0.25, -0.2) is 0 Å². The van der Waals surface area contributed by atoms with Crippen LogP contribution in [0.2, 0.25) is 4.13 Å². The van der Waals surface area contributed by atoms with E-state index in [1.54, 1.807) is 0 Å². The first-order chi connectivity index (χ1) is 3.06. The Morgan fingerprint density at radius 2 is 1.71 bits per heavy atom. The van der Waals surface area contributed by atoms with Gasteiger partial charge in [-0.3, -0.25) is 0 Å². The van der Waals surface area contributed by atoms with Gasteiger partial charge in [-0.05, 0) is 0 Å². The van der Waals surface area contributed by atoms with Gasteiger partial charge in [-0.2, -0.15) is 0 Å². The number of rotatable bonds is 2. The molecule has 0 nitrogen and oxygen atoms in total. The molecule has 0 atom stereocenters. The molecule has 4 heteroatoms. The molecule has 44 valence electrons. The molecular formula is C3H7Br3Zr. The third kappa shape index (κ3) is 8.32.